The molecule has 2 saturated carbocycles. The Bertz CT molecular complexity index is 2080. The van der Waals surface area contributed by atoms with Crippen LogP contribution < -0.4 is 14.8 Å². The first-order chi connectivity index (χ1) is 29.1. The van der Waals surface area contributed by atoms with Crippen molar-refractivity contribution in [2.75, 3.05) is 40.4 Å². The highest BCUT2D eigenvalue weighted by Gasteiger charge is 2.34. The van der Waals surface area contributed by atoms with E-state index in [0.717, 1.165) is 98.8 Å². The van der Waals surface area contributed by atoms with Crippen LogP contribution in [0.15, 0.2) is 72.8 Å². The standard InChI is InChI=1S/C26H35NO3.C21H26O2.C5H9NO2/c1-26(2,3)21-9-11-22(12-10-21)30-24-7-5-6-19-14-18(8-13-23(19)24)15-27-16-20(17-27)25(28)29-4;1-21(2,3)17-8-10-18(11-9-17)23-20-6-4-5-16-13-15(14-22)7-12-19(16)20;1-8-5(7)4-2-6-3-4/h5-8,13-14,20-22H,9-12,15-17H2,1-4H3;4-7,12-14,17-18H,8-11H2,1-3H3;4,6H,2-3H2,1H3. The van der Waals surface area contributed by atoms with Crippen LogP contribution in [-0.2, 0) is 25.6 Å². The van der Waals surface area contributed by atoms with Crippen molar-refractivity contribution < 1.29 is 33.3 Å². The van der Waals surface area contributed by atoms with Crippen LogP contribution in [0.5, 0.6) is 11.5 Å². The summed E-state index contributed by atoms with van der Waals surface area (Å²) in [5.41, 5.74) is 2.78. The van der Waals surface area contributed by atoms with Crippen LogP contribution in [0.2, 0.25) is 0 Å². The fourth-order valence-electron chi connectivity index (χ4n) is 9.30. The van der Waals surface area contributed by atoms with E-state index in [-0.39, 0.29) is 23.8 Å². The molecular formula is C52H70N2O7. The number of methoxy groups -OCH3 is 2. The average Bonchev–Trinajstić information content (AvgIpc) is 3.21. The molecule has 0 unspecified atom stereocenters. The molecule has 9 heteroatoms. The van der Waals surface area contributed by atoms with Gasteiger partial charge in [-0.25, -0.2) is 0 Å². The molecule has 2 heterocycles. The Kier molecular flexibility index (Phi) is 15.5. The van der Waals surface area contributed by atoms with E-state index in [4.69, 9.17) is 14.2 Å². The number of hydrogen-bond acceptors (Lipinski definition) is 9. The second-order valence-corrected chi connectivity index (χ2v) is 19.9. The molecule has 4 aromatic rings. The van der Waals surface area contributed by atoms with Crippen molar-refractivity contribution in [2.45, 2.75) is 112 Å². The lowest BCUT2D eigenvalue weighted by Crippen LogP contribution is -2.49. The molecule has 0 amide bonds. The van der Waals surface area contributed by atoms with Gasteiger partial charge in [0.1, 0.15) is 17.8 Å². The SMILES string of the molecule is CC(C)(C)C1CCC(Oc2cccc3cc(C=O)ccc23)CC1.COC(=O)C1CN(Cc2ccc3c(OC4CCC(C(C)(C)C)CC4)cccc3c2)C1.COC(=O)C1CNC1. The van der Waals surface area contributed by atoms with Gasteiger partial charge in [0.25, 0.3) is 0 Å². The number of nitrogens with zero attached hydrogens (tertiary/aromatic N) is 1. The third kappa shape index (κ3) is 12.3. The van der Waals surface area contributed by atoms with Crippen molar-refractivity contribution in [3.05, 3.63) is 83.9 Å². The van der Waals surface area contributed by atoms with Gasteiger partial charge in [-0.15, -0.1) is 0 Å². The molecule has 2 aliphatic carbocycles. The maximum atomic E-state index is 11.6. The Morgan fingerprint density at radius 2 is 1.11 bits per heavy atom. The smallest absolute Gasteiger partial charge is 0.311 e. The largest absolute Gasteiger partial charge is 0.490 e. The van der Waals surface area contributed by atoms with Crippen molar-refractivity contribution >= 4 is 39.8 Å². The molecule has 0 atom stereocenters. The lowest BCUT2D eigenvalue weighted by atomic mass is 9.72. The minimum Gasteiger partial charge on any atom is -0.490 e. The van der Waals surface area contributed by atoms with Gasteiger partial charge in [0.05, 0.1) is 38.3 Å². The van der Waals surface area contributed by atoms with Crippen LogP contribution in [0.3, 0.4) is 0 Å². The molecule has 61 heavy (non-hydrogen) atoms. The fourth-order valence-corrected chi connectivity index (χ4v) is 9.30. The van der Waals surface area contributed by atoms with Gasteiger partial charge in [0.15, 0.2) is 0 Å². The fraction of sp³-hybridized carbons (Fsp3) is 0.558. The molecule has 330 valence electrons. The quantitative estimate of drug-likeness (QED) is 0.130. The van der Waals surface area contributed by atoms with Crippen LogP contribution >= 0.6 is 0 Å². The molecule has 9 nitrogen and oxygen atoms in total. The van der Waals surface area contributed by atoms with E-state index < -0.39 is 0 Å². The Labute approximate surface area is 364 Å². The van der Waals surface area contributed by atoms with Gasteiger partial charge in [-0.3, -0.25) is 19.3 Å². The van der Waals surface area contributed by atoms with Gasteiger partial charge >= 0.3 is 11.9 Å². The van der Waals surface area contributed by atoms with E-state index in [1.54, 1.807) is 0 Å². The number of carbonyl (C=O) groups is 3. The van der Waals surface area contributed by atoms with Crippen LogP contribution in [0, 0.1) is 34.5 Å². The predicted molar refractivity (Wildman–Crippen MR) is 244 cm³/mol. The molecule has 0 spiro atoms. The van der Waals surface area contributed by atoms with Crippen molar-refractivity contribution in [1.29, 1.82) is 0 Å². The highest BCUT2D eigenvalue weighted by molar-refractivity contribution is 5.93. The second kappa shape index (κ2) is 20.6. The van der Waals surface area contributed by atoms with Crippen LogP contribution in [0.1, 0.15) is 109 Å². The average molecular weight is 835 g/mol. The zero-order chi connectivity index (χ0) is 43.7. The number of hydrogen-bond donors (Lipinski definition) is 1. The minimum absolute atomic E-state index is 0.0313. The van der Waals surface area contributed by atoms with E-state index in [2.05, 4.69) is 92.9 Å². The number of carbonyl (C=O) groups excluding carboxylic acids is 3. The molecule has 0 radical (unpaired) electrons. The summed E-state index contributed by atoms with van der Waals surface area (Å²) in [7, 11) is 2.88. The van der Waals surface area contributed by atoms with Crippen LogP contribution in [0.25, 0.3) is 21.5 Å². The second-order valence-electron chi connectivity index (χ2n) is 19.9. The number of esters is 2. The zero-order valence-corrected chi connectivity index (χ0v) is 38.0. The maximum Gasteiger partial charge on any atom is 0.311 e. The number of rotatable bonds is 9. The maximum absolute atomic E-state index is 11.6. The lowest BCUT2D eigenvalue weighted by Gasteiger charge is -2.37. The predicted octanol–water partition coefficient (Wildman–Crippen LogP) is 10.4. The molecule has 0 aromatic heterocycles. The summed E-state index contributed by atoms with van der Waals surface area (Å²) in [4.78, 5) is 35.3. The van der Waals surface area contributed by atoms with Gasteiger partial charge in [-0.1, -0.05) is 84.0 Å². The lowest BCUT2D eigenvalue weighted by molar-refractivity contribution is -0.151. The number of fused-ring (bicyclic) bond motifs is 2. The van der Waals surface area contributed by atoms with Crippen LogP contribution in [-0.4, -0.2) is 75.7 Å². The summed E-state index contributed by atoms with van der Waals surface area (Å²) >= 11 is 0. The first kappa shape index (κ1) is 46.0. The number of likely N-dealkylation sites (tertiary alicyclic amines) is 1. The van der Waals surface area contributed by atoms with E-state index in [1.165, 1.54) is 56.2 Å². The summed E-state index contributed by atoms with van der Waals surface area (Å²) in [6.07, 6.45) is 11.1. The molecule has 1 N–H and O–H groups in total. The third-order valence-electron chi connectivity index (χ3n) is 13.5. The monoisotopic (exact) mass is 835 g/mol. The normalized spacial score (nSPS) is 22.3. The first-order valence-corrected chi connectivity index (χ1v) is 22.6. The molecule has 2 aliphatic heterocycles. The van der Waals surface area contributed by atoms with Gasteiger partial charge < -0.3 is 24.3 Å². The van der Waals surface area contributed by atoms with Crippen molar-refractivity contribution in [1.82, 2.24) is 10.2 Å². The summed E-state index contributed by atoms with van der Waals surface area (Å²) in [5.74, 6) is 3.51. The van der Waals surface area contributed by atoms with Crippen molar-refractivity contribution in [3.63, 3.8) is 0 Å². The van der Waals surface area contributed by atoms with Gasteiger partial charge in [-0.05, 0) is 121 Å². The summed E-state index contributed by atoms with van der Waals surface area (Å²) in [5, 5.41) is 7.55. The molecule has 8 rings (SSSR count). The summed E-state index contributed by atoms with van der Waals surface area (Å²) in [6, 6.07) is 24.9. The van der Waals surface area contributed by atoms with E-state index in [0.29, 0.717) is 28.6 Å². The van der Waals surface area contributed by atoms with Gasteiger partial charge in [-0.2, -0.15) is 0 Å². The van der Waals surface area contributed by atoms with E-state index in [1.807, 2.05) is 36.4 Å². The molecular weight excluding hydrogens is 765 g/mol. The molecule has 4 aromatic carbocycles. The molecule has 2 saturated heterocycles. The third-order valence-corrected chi connectivity index (χ3v) is 13.5. The first-order valence-electron chi connectivity index (χ1n) is 22.6. The Balaban J connectivity index is 0.000000177. The number of nitrogens with one attached hydrogen (secondary N) is 1. The number of benzene rings is 4. The minimum atomic E-state index is -0.0944. The van der Waals surface area contributed by atoms with Gasteiger partial charge in [0, 0.05) is 49.1 Å². The molecule has 4 aliphatic rings. The number of ether oxygens (including phenoxy) is 4. The molecule has 4 fully saturated rings. The van der Waals surface area contributed by atoms with Crippen molar-refractivity contribution in [2.24, 2.45) is 34.5 Å². The van der Waals surface area contributed by atoms with Crippen LogP contribution in [0.4, 0.5) is 0 Å². The molecule has 0 bridgehead atoms. The van der Waals surface area contributed by atoms with Gasteiger partial charge in [0.2, 0.25) is 0 Å². The zero-order valence-electron chi connectivity index (χ0n) is 38.0. The Morgan fingerprint density at radius 1 is 0.639 bits per heavy atom. The summed E-state index contributed by atoms with van der Waals surface area (Å²) < 4.78 is 22.1. The Morgan fingerprint density at radius 3 is 1.54 bits per heavy atom. The van der Waals surface area contributed by atoms with Crippen molar-refractivity contribution in [3.8, 4) is 11.5 Å². The highest BCUT2D eigenvalue weighted by Crippen LogP contribution is 2.41. The van der Waals surface area contributed by atoms with E-state index in [9.17, 15) is 14.4 Å². The number of aldehydes is 1. The Hall–Kier alpha value is -4.47. The topological polar surface area (TPSA) is 103 Å². The van der Waals surface area contributed by atoms with E-state index >= 15 is 0 Å². The highest BCUT2D eigenvalue weighted by atomic mass is 16.5. The summed E-state index contributed by atoms with van der Waals surface area (Å²) in [6.45, 7) is 18.1.